The van der Waals surface area contributed by atoms with Crippen molar-refractivity contribution in [3.63, 3.8) is 0 Å². The van der Waals surface area contributed by atoms with Crippen LogP contribution in [0.5, 0.6) is 5.75 Å². The molecule has 0 aliphatic carbocycles. The monoisotopic (exact) mass is 426 g/mol. The van der Waals surface area contributed by atoms with Crippen LogP contribution in [0, 0.1) is 0 Å². The van der Waals surface area contributed by atoms with Crippen LogP contribution in [0.1, 0.15) is 89.5 Å². The molecule has 0 radical (unpaired) electrons. The molecular weight excluding hydrogens is 384 g/mol. The van der Waals surface area contributed by atoms with Gasteiger partial charge >= 0.3 is 0 Å². The SMILES string of the molecule is CCCCCCCCCCCCOc1ccccc1CN(C)C(=O)CCCN.Cl. The van der Waals surface area contributed by atoms with Crippen LogP contribution in [-0.4, -0.2) is 31.0 Å². The first-order chi connectivity index (χ1) is 13.7. The Hall–Kier alpha value is -1.26. The highest BCUT2D eigenvalue weighted by atomic mass is 35.5. The maximum absolute atomic E-state index is 12.1. The Morgan fingerprint density at radius 2 is 1.52 bits per heavy atom. The molecule has 0 heterocycles. The molecule has 0 aliphatic rings. The predicted molar refractivity (Wildman–Crippen MR) is 126 cm³/mol. The molecule has 0 aromatic heterocycles. The van der Waals surface area contributed by atoms with Gasteiger partial charge in [-0.1, -0.05) is 82.9 Å². The van der Waals surface area contributed by atoms with Crippen LogP contribution in [0.3, 0.4) is 0 Å². The van der Waals surface area contributed by atoms with E-state index in [0.717, 1.165) is 30.8 Å². The Bertz CT molecular complexity index is 525. The number of nitrogens with zero attached hydrogens (tertiary/aromatic N) is 1. The molecule has 4 nitrogen and oxygen atoms in total. The molecule has 0 saturated carbocycles. The Kier molecular flexibility index (Phi) is 17.9. The summed E-state index contributed by atoms with van der Waals surface area (Å²) in [4.78, 5) is 13.9. The van der Waals surface area contributed by atoms with Gasteiger partial charge in [-0.05, 0) is 25.5 Å². The number of nitrogens with two attached hydrogens (primary N) is 1. The van der Waals surface area contributed by atoms with Crippen LogP contribution in [0.15, 0.2) is 24.3 Å². The number of ether oxygens (including phenoxy) is 1. The van der Waals surface area contributed by atoms with Gasteiger partial charge in [0.15, 0.2) is 0 Å². The number of carbonyl (C=O) groups excluding carboxylic acids is 1. The van der Waals surface area contributed by atoms with Gasteiger partial charge in [0, 0.05) is 25.6 Å². The first-order valence-corrected chi connectivity index (χ1v) is 11.3. The molecule has 0 bridgehead atoms. The molecule has 1 rings (SSSR count). The summed E-state index contributed by atoms with van der Waals surface area (Å²) in [6, 6.07) is 8.04. The lowest BCUT2D eigenvalue weighted by molar-refractivity contribution is -0.130. The molecule has 1 aromatic carbocycles. The minimum Gasteiger partial charge on any atom is -0.493 e. The highest BCUT2D eigenvalue weighted by Gasteiger charge is 2.11. The van der Waals surface area contributed by atoms with E-state index in [0.29, 0.717) is 19.5 Å². The van der Waals surface area contributed by atoms with Gasteiger partial charge in [0.05, 0.1) is 6.61 Å². The van der Waals surface area contributed by atoms with Crippen LogP contribution < -0.4 is 10.5 Å². The Morgan fingerprint density at radius 3 is 2.14 bits per heavy atom. The topological polar surface area (TPSA) is 55.6 Å². The van der Waals surface area contributed by atoms with Gasteiger partial charge in [-0.3, -0.25) is 4.79 Å². The van der Waals surface area contributed by atoms with Crippen molar-refractivity contribution in [3.05, 3.63) is 29.8 Å². The lowest BCUT2D eigenvalue weighted by Gasteiger charge is -2.19. The summed E-state index contributed by atoms with van der Waals surface area (Å²) in [5, 5.41) is 0. The summed E-state index contributed by atoms with van der Waals surface area (Å²) in [6.07, 6.45) is 14.5. The van der Waals surface area contributed by atoms with E-state index in [2.05, 4.69) is 6.92 Å². The van der Waals surface area contributed by atoms with Crippen molar-refractivity contribution in [1.82, 2.24) is 4.90 Å². The van der Waals surface area contributed by atoms with E-state index in [1.807, 2.05) is 31.3 Å². The largest absolute Gasteiger partial charge is 0.493 e. The molecule has 0 atom stereocenters. The van der Waals surface area contributed by atoms with Crippen molar-refractivity contribution in [1.29, 1.82) is 0 Å². The van der Waals surface area contributed by atoms with Gasteiger partial charge in [-0.2, -0.15) is 0 Å². The third-order valence-electron chi connectivity index (χ3n) is 5.16. The molecule has 1 aromatic rings. The summed E-state index contributed by atoms with van der Waals surface area (Å²) in [5.74, 6) is 1.03. The molecular formula is C24H43ClN2O2. The summed E-state index contributed by atoms with van der Waals surface area (Å²) in [7, 11) is 1.85. The lowest BCUT2D eigenvalue weighted by Crippen LogP contribution is -2.26. The molecule has 0 fully saturated rings. The fraction of sp³-hybridized carbons (Fsp3) is 0.708. The smallest absolute Gasteiger partial charge is 0.222 e. The minimum absolute atomic E-state index is 0. The summed E-state index contributed by atoms with van der Waals surface area (Å²) in [5.41, 5.74) is 6.56. The van der Waals surface area contributed by atoms with E-state index in [1.54, 1.807) is 4.90 Å². The first kappa shape index (κ1) is 27.7. The van der Waals surface area contributed by atoms with Crippen LogP contribution >= 0.6 is 12.4 Å². The highest BCUT2D eigenvalue weighted by molar-refractivity contribution is 5.85. The standard InChI is InChI=1S/C24H42N2O2.ClH/c1-3-4-5-6-7-8-9-10-11-14-20-28-23-17-13-12-16-22(23)21-26(2)24(27)18-15-19-25;/h12-13,16-17H,3-11,14-15,18-21,25H2,1-2H3;1H. The number of hydrogen-bond donors (Lipinski definition) is 1. The fourth-order valence-corrected chi connectivity index (χ4v) is 3.33. The van der Waals surface area contributed by atoms with Crippen LogP contribution in [0.4, 0.5) is 0 Å². The van der Waals surface area contributed by atoms with E-state index < -0.39 is 0 Å². The van der Waals surface area contributed by atoms with Gasteiger partial charge in [0.1, 0.15) is 5.75 Å². The van der Waals surface area contributed by atoms with Crippen molar-refractivity contribution in [2.45, 2.75) is 90.5 Å². The number of hydrogen-bond acceptors (Lipinski definition) is 3. The Morgan fingerprint density at radius 1 is 0.931 bits per heavy atom. The predicted octanol–water partition coefficient (Wildman–Crippen LogP) is 6.11. The molecule has 29 heavy (non-hydrogen) atoms. The van der Waals surface area contributed by atoms with Gasteiger partial charge < -0.3 is 15.4 Å². The van der Waals surface area contributed by atoms with Gasteiger partial charge in [0.2, 0.25) is 5.91 Å². The van der Waals surface area contributed by atoms with E-state index in [9.17, 15) is 4.79 Å². The zero-order valence-corrected chi connectivity index (χ0v) is 19.5. The molecule has 0 spiro atoms. The summed E-state index contributed by atoms with van der Waals surface area (Å²) in [6.45, 7) is 4.15. The number of halogens is 1. The molecule has 0 unspecified atom stereocenters. The zero-order chi connectivity index (χ0) is 20.5. The quantitative estimate of drug-likeness (QED) is 0.306. The maximum Gasteiger partial charge on any atom is 0.222 e. The number of para-hydroxylation sites is 1. The third-order valence-corrected chi connectivity index (χ3v) is 5.16. The third kappa shape index (κ3) is 13.6. The second-order valence-corrected chi connectivity index (χ2v) is 7.78. The average Bonchev–Trinajstić information content (AvgIpc) is 2.71. The highest BCUT2D eigenvalue weighted by Crippen LogP contribution is 2.20. The van der Waals surface area contributed by atoms with Crippen LogP contribution in [-0.2, 0) is 11.3 Å². The second-order valence-electron chi connectivity index (χ2n) is 7.78. The van der Waals surface area contributed by atoms with Crippen LogP contribution in [0.2, 0.25) is 0 Å². The van der Waals surface area contributed by atoms with Crippen molar-refractivity contribution in [2.75, 3.05) is 20.2 Å². The van der Waals surface area contributed by atoms with Crippen molar-refractivity contribution >= 4 is 18.3 Å². The van der Waals surface area contributed by atoms with E-state index in [-0.39, 0.29) is 18.3 Å². The minimum atomic E-state index is 0. The van der Waals surface area contributed by atoms with Gasteiger partial charge in [0.25, 0.3) is 0 Å². The first-order valence-electron chi connectivity index (χ1n) is 11.3. The molecule has 2 N–H and O–H groups in total. The van der Waals surface area contributed by atoms with Crippen molar-refractivity contribution in [3.8, 4) is 5.75 Å². The number of benzene rings is 1. The van der Waals surface area contributed by atoms with Crippen molar-refractivity contribution < 1.29 is 9.53 Å². The summed E-state index contributed by atoms with van der Waals surface area (Å²) >= 11 is 0. The number of rotatable bonds is 17. The Labute approximate surface area is 185 Å². The van der Waals surface area contributed by atoms with E-state index >= 15 is 0 Å². The fourth-order valence-electron chi connectivity index (χ4n) is 3.33. The molecule has 0 aliphatic heterocycles. The molecule has 1 amide bonds. The molecule has 5 heteroatoms. The Balaban J connectivity index is 0.00000784. The van der Waals surface area contributed by atoms with E-state index in [1.165, 1.54) is 57.8 Å². The second kappa shape index (κ2) is 18.7. The number of amides is 1. The average molecular weight is 427 g/mol. The summed E-state index contributed by atoms with van der Waals surface area (Å²) < 4.78 is 6.01. The lowest BCUT2D eigenvalue weighted by atomic mass is 10.1. The normalized spacial score (nSPS) is 10.4. The van der Waals surface area contributed by atoms with Crippen LogP contribution in [0.25, 0.3) is 0 Å². The number of carbonyl (C=O) groups is 1. The number of unbranched alkanes of at least 4 members (excludes halogenated alkanes) is 9. The zero-order valence-electron chi connectivity index (χ0n) is 18.7. The van der Waals surface area contributed by atoms with Crippen molar-refractivity contribution in [2.24, 2.45) is 5.73 Å². The molecule has 0 saturated heterocycles. The van der Waals surface area contributed by atoms with Gasteiger partial charge in [-0.25, -0.2) is 0 Å². The maximum atomic E-state index is 12.1. The van der Waals surface area contributed by atoms with E-state index in [4.69, 9.17) is 10.5 Å². The van der Waals surface area contributed by atoms with Gasteiger partial charge in [-0.15, -0.1) is 12.4 Å². The molecule has 168 valence electrons.